The molecule has 5 unspecified atom stereocenters. The van der Waals surface area contributed by atoms with Gasteiger partial charge >= 0.3 is 0 Å². The van der Waals surface area contributed by atoms with Crippen molar-refractivity contribution in [2.24, 2.45) is 17.8 Å². The Morgan fingerprint density at radius 3 is 2.08 bits per heavy atom. The molecule has 0 nitrogen and oxygen atoms in total. The lowest BCUT2D eigenvalue weighted by molar-refractivity contribution is 0.222. The van der Waals surface area contributed by atoms with Crippen LogP contribution >= 0.6 is 0 Å². The van der Waals surface area contributed by atoms with Crippen LogP contribution in [0.3, 0.4) is 0 Å². The second-order valence-electron chi connectivity index (χ2n) is 7.65. The van der Waals surface area contributed by atoms with Gasteiger partial charge in [0, 0.05) is 5.92 Å². The van der Waals surface area contributed by atoms with Crippen LogP contribution in [0.1, 0.15) is 42.2 Å². The maximum atomic E-state index is 2.58. The van der Waals surface area contributed by atoms with Gasteiger partial charge in [-0.15, -0.1) is 0 Å². The first-order chi connectivity index (χ1) is 11.9. The molecule has 120 valence electrons. The summed E-state index contributed by atoms with van der Waals surface area (Å²) >= 11 is 0. The van der Waals surface area contributed by atoms with E-state index < -0.39 is 0 Å². The van der Waals surface area contributed by atoms with Crippen LogP contribution in [0.4, 0.5) is 0 Å². The summed E-state index contributed by atoms with van der Waals surface area (Å²) in [5, 5.41) is 0. The van der Waals surface area contributed by atoms with Crippen molar-refractivity contribution in [1.29, 1.82) is 0 Å². The van der Waals surface area contributed by atoms with Crippen LogP contribution in [0.15, 0.2) is 84.5 Å². The first kappa shape index (κ1) is 14.3. The molecule has 4 aliphatic carbocycles. The third-order valence-electron chi connectivity index (χ3n) is 6.50. The van der Waals surface area contributed by atoms with E-state index in [1.165, 1.54) is 24.8 Å². The standard InChI is InChI=1S/C24H24/c1-3-8-17(9-4-1)20-12-7-13-22-21-15-14-19(24(20)22)16-23(21)18-10-5-2-6-11-18/h1-6,8-11,13-15,19-21,23-24H,7,12,16H2. The molecule has 1 fully saturated rings. The zero-order chi connectivity index (χ0) is 15.9. The minimum atomic E-state index is 0.619. The zero-order valence-corrected chi connectivity index (χ0v) is 14.0. The number of allylic oxidation sites excluding steroid dienone is 4. The molecular weight excluding hydrogens is 288 g/mol. The maximum Gasteiger partial charge on any atom is 0.00490 e. The molecular formula is C24H24. The molecule has 0 saturated heterocycles. The molecule has 0 spiro atoms. The van der Waals surface area contributed by atoms with Crippen molar-refractivity contribution in [2.45, 2.75) is 31.1 Å². The Hall–Kier alpha value is -2.08. The van der Waals surface area contributed by atoms with E-state index in [0.717, 1.165) is 5.92 Å². The Kier molecular flexibility index (Phi) is 3.43. The Bertz CT molecular complexity index is 768. The van der Waals surface area contributed by atoms with E-state index in [4.69, 9.17) is 0 Å². The highest BCUT2D eigenvalue weighted by Gasteiger charge is 2.46. The van der Waals surface area contributed by atoms with E-state index in [0.29, 0.717) is 23.7 Å². The minimum absolute atomic E-state index is 0.619. The van der Waals surface area contributed by atoms with Crippen LogP contribution in [0.25, 0.3) is 0 Å². The summed E-state index contributed by atoms with van der Waals surface area (Å²) in [6.07, 6.45) is 11.5. The van der Waals surface area contributed by atoms with Gasteiger partial charge in [0.05, 0.1) is 0 Å². The average molecular weight is 312 g/mol. The van der Waals surface area contributed by atoms with Gasteiger partial charge in [-0.05, 0) is 54.1 Å². The van der Waals surface area contributed by atoms with Gasteiger partial charge in [-0.25, -0.2) is 0 Å². The fourth-order valence-corrected chi connectivity index (χ4v) is 5.52. The molecule has 4 aliphatic rings. The van der Waals surface area contributed by atoms with E-state index in [-0.39, 0.29) is 0 Å². The van der Waals surface area contributed by atoms with Gasteiger partial charge in [-0.3, -0.25) is 0 Å². The van der Waals surface area contributed by atoms with Gasteiger partial charge in [0.2, 0.25) is 0 Å². The second-order valence-corrected chi connectivity index (χ2v) is 7.65. The Balaban J connectivity index is 1.52. The van der Waals surface area contributed by atoms with E-state index >= 15 is 0 Å². The van der Waals surface area contributed by atoms with Crippen LogP contribution in [0.2, 0.25) is 0 Å². The highest BCUT2D eigenvalue weighted by molar-refractivity contribution is 5.40. The van der Waals surface area contributed by atoms with Crippen molar-refractivity contribution in [3.8, 4) is 0 Å². The normalized spacial score (nSPS) is 33.8. The molecule has 2 bridgehead atoms. The predicted molar refractivity (Wildman–Crippen MR) is 99.9 cm³/mol. The lowest BCUT2D eigenvalue weighted by atomic mass is 9.54. The molecule has 0 aromatic heterocycles. The number of rotatable bonds is 2. The fourth-order valence-electron chi connectivity index (χ4n) is 5.52. The molecule has 24 heavy (non-hydrogen) atoms. The Labute approximate surface area is 144 Å². The van der Waals surface area contributed by atoms with E-state index in [1.807, 2.05) is 0 Å². The quantitative estimate of drug-likeness (QED) is 0.588. The lowest BCUT2D eigenvalue weighted by Gasteiger charge is -2.50. The monoisotopic (exact) mass is 312 g/mol. The Morgan fingerprint density at radius 2 is 1.38 bits per heavy atom. The van der Waals surface area contributed by atoms with Crippen molar-refractivity contribution < 1.29 is 0 Å². The van der Waals surface area contributed by atoms with Gasteiger partial charge in [0.1, 0.15) is 0 Å². The highest BCUT2D eigenvalue weighted by atomic mass is 14.5. The topological polar surface area (TPSA) is 0 Å². The summed E-state index contributed by atoms with van der Waals surface area (Å²) in [4.78, 5) is 0. The predicted octanol–water partition coefficient (Wildman–Crippen LogP) is 6.10. The first-order valence-electron chi connectivity index (χ1n) is 9.40. The van der Waals surface area contributed by atoms with Gasteiger partial charge in [0.25, 0.3) is 0 Å². The first-order valence-corrected chi connectivity index (χ1v) is 9.40. The SMILES string of the molecule is C1=CC2C3=CCCC(c4ccccc4)C3C1CC2c1ccccc1. The molecule has 0 heteroatoms. The zero-order valence-electron chi connectivity index (χ0n) is 14.0. The maximum absolute atomic E-state index is 2.58. The van der Waals surface area contributed by atoms with Crippen LogP contribution in [-0.4, -0.2) is 0 Å². The molecule has 2 aromatic carbocycles. The summed E-state index contributed by atoms with van der Waals surface area (Å²) in [6, 6.07) is 22.4. The second kappa shape index (κ2) is 5.77. The number of benzene rings is 2. The summed E-state index contributed by atoms with van der Waals surface area (Å²) < 4.78 is 0. The smallest absolute Gasteiger partial charge is 0.00490 e. The Morgan fingerprint density at radius 1 is 0.708 bits per heavy atom. The van der Waals surface area contributed by atoms with E-state index in [1.54, 1.807) is 11.1 Å². The van der Waals surface area contributed by atoms with Gasteiger partial charge in [-0.2, -0.15) is 0 Å². The summed E-state index contributed by atoms with van der Waals surface area (Å²) in [5.41, 5.74) is 4.81. The summed E-state index contributed by atoms with van der Waals surface area (Å²) in [7, 11) is 0. The molecule has 6 rings (SSSR count). The highest BCUT2D eigenvalue weighted by Crippen LogP contribution is 2.58. The molecule has 2 aromatic rings. The summed E-state index contributed by atoms with van der Waals surface area (Å²) in [5.74, 6) is 3.44. The van der Waals surface area contributed by atoms with Crippen LogP contribution in [0.5, 0.6) is 0 Å². The number of hydrogen-bond donors (Lipinski definition) is 0. The minimum Gasteiger partial charge on any atom is -0.0844 e. The number of hydrogen-bond acceptors (Lipinski definition) is 0. The molecule has 0 amide bonds. The van der Waals surface area contributed by atoms with Gasteiger partial charge in [-0.1, -0.05) is 84.5 Å². The molecule has 0 heterocycles. The lowest BCUT2D eigenvalue weighted by Crippen LogP contribution is -2.39. The van der Waals surface area contributed by atoms with Crippen molar-refractivity contribution in [2.75, 3.05) is 0 Å². The van der Waals surface area contributed by atoms with Crippen molar-refractivity contribution >= 4 is 0 Å². The molecule has 1 saturated carbocycles. The van der Waals surface area contributed by atoms with Crippen molar-refractivity contribution in [1.82, 2.24) is 0 Å². The molecule has 0 radical (unpaired) electrons. The third-order valence-corrected chi connectivity index (χ3v) is 6.50. The van der Waals surface area contributed by atoms with Crippen LogP contribution in [0, 0.1) is 17.8 Å². The third kappa shape index (κ3) is 2.20. The molecule has 0 N–H and O–H groups in total. The van der Waals surface area contributed by atoms with Crippen LogP contribution < -0.4 is 0 Å². The van der Waals surface area contributed by atoms with Crippen LogP contribution in [-0.2, 0) is 0 Å². The largest absolute Gasteiger partial charge is 0.0844 e. The fraction of sp³-hybridized carbons (Fsp3) is 0.333. The van der Waals surface area contributed by atoms with E-state index in [9.17, 15) is 0 Å². The molecule has 5 atom stereocenters. The van der Waals surface area contributed by atoms with Gasteiger partial charge < -0.3 is 0 Å². The van der Waals surface area contributed by atoms with Gasteiger partial charge in [0.15, 0.2) is 0 Å². The van der Waals surface area contributed by atoms with E-state index in [2.05, 4.69) is 78.9 Å². The number of fused-ring (bicyclic) bond motifs is 1. The average Bonchev–Trinajstić information content (AvgIpc) is 2.69. The van der Waals surface area contributed by atoms with Crippen molar-refractivity contribution in [3.05, 3.63) is 95.6 Å². The summed E-state index contributed by atoms with van der Waals surface area (Å²) in [6.45, 7) is 0. The van der Waals surface area contributed by atoms with Crippen molar-refractivity contribution in [3.63, 3.8) is 0 Å². The molecule has 0 aliphatic heterocycles.